The molecule has 6 aromatic rings. The molecule has 0 spiro atoms. The molecule has 0 bridgehead atoms. The molecule has 8 rings (SSSR count). The van der Waals surface area contributed by atoms with Gasteiger partial charge < -0.3 is 52.0 Å². The van der Waals surface area contributed by atoms with Crippen molar-refractivity contribution in [2.75, 3.05) is 13.2 Å². The predicted octanol–water partition coefficient (Wildman–Crippen LogP) is 11.7. The monoisotopic (exact) mass is 1120 g/mol. The van der Waals surface area contributed by atoms with Crippen molar-refractivity contribution >= 4 is 22.1 Å². The maximum atomic E-state index is 15.4. The van der Waals surface area contributed by atoms with E-state index in [1.165, 1.54) is 6.92 Å². The number of phosphoric acid groups is 1. The van der Waals surface area contributed by atoms with Crippen LogP contribution >= 0.6 is 7.82 Å². The van der Waals surface area contributed by atoms with Crippen LogP contribution in [0, 0.1) is 0 Å². The maximum Gasteiger partial charge on any atom is 0.475 e. The molecular formula is C62H75O15PSi. The number of esters is 1. The molecule has 2 unspecified atom stereocenters. The second-order valence-electron chi connectivity index (χ2n) is 21.2. The average Bonchev–Trinajstić information content (AvgIpc) is 3.54. The summed E-state index contributed by atoms with van der Waals surface area (Å²) in [6.07, 6.45) is -12.1. The SMILES string of the molecule is CC(=O)OC1O[C@H](COCc2ccccc2)[C@@H](OP(=O)(O)O[C@H]2O[C@H](COCc3ccccc3)[C@@H](O[Si](C)(C)C(C)(C)C)[C@H](OCc3ccccc3)[C@H]2OCc2ccccc2)[C@H](OCc2ccccc2)[C@H]1OCc1ccccc1. The van der Waals surface area contributed by atoms with E-state index in [0.717, 1.165) is 33.4 Å². The zero-order chi connectivity index (χ0) is 55.7. The van der Waals surface area contributed by atoms with Gasteiger partial charge in [0.05, 0.1) is 52.9 Å². The van der Waals surface area contributed by atoms with E-state index in [9.17, 15) is 9.69 Å². The minimum Gasteiger partial charge on any atom is -0.433 e. The lowest BCUT2D eigenvalue weighted by atomic mass is 9.98. The highest BCUT2D eigenvalue weighted by Gasteiger charge is 2.56. The number of hydrogen-bond donors (Lipinski definition) is 1. The lowest BCUT2D eigenvalue weighted by Gasteiger charge is -2.50. The molecule has 422 valence electrons. The molecule has 0 aliphatic carbocycles. The minimum absolute atomic E-state index is 0.000613. The van der Waals surface area contributed by atoms with Crippen molar-refractivity contribution < 1.29 is 70.4 Å². The third-order valence-corrected chi connectivity index (χ3v) is 19.6. The van der Waals surface area contributed by atoms with E-state index in [-0.39, 0.29) is 57.9 Å². The molecule has 0 radical (unpaired) electrons. The normalized spacial score (nSPS) is 24.3. The van der Waals surface area contributed by atoms with Gasteiger partial charge in [0.1, 0.15) is 48.8 Å². The van der Waals surface area contributed by atoms with Crippen LogP contribution in [0.4, 0.5) is 0 Å². The summed E-state index contributed by atoms with van der Waals surface area (Å²) in [6.45, 7) is 12.4. The van der Waals surface area contributed by atoms with Crippen LogP contribution in [-0.2, 0) is 105 Å². The van der Waals surface area contributed by atoms with Gasteiger partial charge in [0.15, 0.2) is 14.6 Å². The van der Waals surface area contributed by atoms with E-state index < -0.39 is 83.5 Å². The van der Waals surface area contributed by atoms with Crippen molar-refractivity contribution in [1.29, 1.82) is 0 Å². The van der Waals surface area contributed by atoms with Gasteiger partial charge in [-0.15, -0.1) is 0 Å². The largest absolute Gasteiger partial charge is 0.475 e. The van der Waals surface area contributed by atoms with Gasteiger partial charge >= 0.3 is 13.8 Å². The Labute approximate surface area is 466 Å². The van der Waals surface area contributed by atoms with Crippen molar-refractivity contribution in [2.45, 2.75) is 147 Å². The van der Waals surface area contributed by atoms with Crippen LogP contribution in [0.3, 0.4) is 0 Å². The molecule has 79 heavy (non-hydrogen) atoms. The van der Waals surface area contributed by atoms with E-state index >= 15 is 4.57 Å². The Morgan fingerprint density at radius 2 is 0.785 bits per heavy atom. The van der Waals surface area contributed by atoms with E-state index in [0.29, 0.717) is 0 Å². The summed E-state index contributed by atoms with van der Waals surface area (Å²) in [5.41, 5.74) is 5.08. The third-order valence-electron chi connectivity index (χ3n) is 14.1. The molecule has 1 N–H and O–H groups in total. The number of rotatable bonds is 27. The number of benzene rings is 6. The Morgan fingerprint density at radius 3 is 1.15 bits per heavy atom. The molecule has 0 aromatic heterocycles. The lowest BCUT2D eigenvalue weighted by Crippen LogP contribution is -2.64. The molecule has 0 amide bonds. The molecule has 0 saturated carbocycles. The fourth-order valence-corrected chi connectivity index (χ4v) is 11.4. The Bertz CT molecular complexity index is 2760. The van der Waals surface area contributed by atoms with Crippen molar-refractivity contribution in [3.05, 3.63) is 215 Å². The number of carbonyl (C=O) groups excluding carboxylic acids is 1. The Morgan fingerprint density at radius 1 is 0.468 bits per heavy atom. The quantitative estimate of drug-likeness (QED) is 0.0294. The smallest absolute Gasteiger partial charge is 0.433 e. The fraction of sp³-hybridized carbons (Fsp3) is 0.403. The van der Waals surface area contributed by atoms with E-state index in [2.05, 4.69) is 33.9 Å². The molecule has 2 aliphatic rings. The van der Waals surface area contributed by atoms with Gasteiger partial charge in [0.25, 0.3) is 0 Å². The summed E-state index contributed by atoms with van der Waals surface area (Å²) in [5, 5.41) is -0.255. The van der Waals surface area contributed by atoms with Gasteiger partial charge in [0.2, 0.25) is 6.29 Å². The molecular weight excluding hydrogens is 1040 g/mol. The topological polar surface area (TPSA) is 165 Å². The van der Waals surface area contributed by atoms with Gasteiger partial charge in [-0.05, 0) is 51.5 Å². The van der Waals surface area contributed by atoms with Crippen LogP contribution in [0.1, 0.15) is 61.1 Å². The zero-order valence-corrected chi connectivity index (χ0v) is 47.8. The van der Waals surface area contributed by atoms with Gasteiger partial charge in [-0.25, -0.2) is 4.57 Å². The van der Waals surface area contributed by atoms with Gasteiger partial charge in [-0.2, -0.15) is 0 Å². The predicted molar refractivity (Wildman–Crippen MR) is 299 cm³/mol. The van der Waals surface area contributed by atoms with Gasteiger partial charge in [-0.1, -0.05) is 203 Å². The van der Waals surface area contributed by atoms with E-state index in [1.807, 2.05) is 182 Å². The van der Waals surface area contributed by atoms with Crippen molar-refractivity contribution in [1.82, 2.24) is 0 Å². The first-order valence-corrected chi connectivity index (χ1v) is 31.2. The molecule has 2 fully saturated rings. The van der Waals surface area contributed by atoms with Crippen LogP contribution in [0.15, 0.2) is 182 Å². The summed E-state index contributed by atoms with van der Waals surface area (Å²) < 4.78 is 94.7. The first kappa shape index (κ1) is 59.9. The van der Waals surface area contributed by atoms with Crippen molar-refractivity contribution in [3.63, 3.8) is 0 Å². The highest BCUT2D eigenvalue weighted by Crippen LogP contribution is 2.51. The zero-order valence-electron chi connectivity index (χ0n) is 45.9. The second kappa shape index (κ2) is 28.9. The maximum absolute atomic E-state index is 15.4. The number of phosphoric ester groups is 1. The number of ether oxygens (including phenoxy) is 9. The molecule has 15 nitrogen and oxygen atoms in total. The number of hydrogen-bond acceptors (Lipinski definition) is 14. The van der Waals surface area contributed by atoms with Crippen LogP contribution in [0.5, 0.6) is 0 Å². The molecule has 2 heterocycles. The van der Waals surface area contributed by atoms with Crippen LogP contribution in [0.2, 0.25) is 18.1 Å². The standard InChI is InChI=1S/C62H75O15PSi/c1-45(63)72-60-58(70-41-50-33-21-11-22-34-50)56(68-39-48-29-17-9-18-30-48)54(52(73-60)43-66-37-46-25-13-7-14-26-46)75-78(64,65)76-61-59(71-42-51-35-23-12-24-36-51)57(69-40-49-31-19-10-20-32-49)55(77-79(5,6)62(2,3)4)53(74-61)44-67-38-47-27-15-8-16-28-47/h7-36,52-61H,37-44H2,1-6H3,(H,64,65)/t52-,53-,54-,55-,56+,57+,58-,59-,60?,61-/m1/s1. The Hall–Kier alpha value is -5.24. The first-order chi connectivity index (χ1) is 38.1. The summed E-state index contributed by atoms with van der Waals surface area (Å²) in [6, 6.07) is 57.3. The van der Waals surface area contributed by atoms with Gasteiger partial charge in [-0.3, -0.25) is 13.8 Å². The average molecular weight is 1120 g/mol. The fourth-order valence-electron chi connectivity index (χ4n) is 9.00. The van der Waals surface area contributed by atoms with Crippen LogP contribution < -0.4 is 0 Å². The van der Waals surface area contributed by atoms with Crippen LogP contribution in [-0.4, -0.2) is 93.8 Å². The summed E-state index contributed by atoms with van der Waals surface area (Å²) in [7, 11) is -8.04. The van der Waals surface area contributed by atoms with Crippen molar-refractivity contribution in [2.24, 2.45) is 0 Å². The highest BCUT2D eigenvalue weighted by molar-refractivity contribution is 7.47. The molecule has 11 atom stereocenters. The third kappa shape index (κ3) is 17.9. The van der Waals surface area contributed by atoms with Crippen molar-refractivity contribution in [3.8, 4) is 0 Å². The highest BCUT2D eigenvalue weighted by atomic mass is 31.2. The Balaban J connectivity index is 1.18. The molecule has 17 heteroatoms. The van der Waals surface area contributed by atoms with E-state index in [1.54, 1.807) is 0 Å². The Kier molecular flexibility index (Phi) is 21.9. The molecule has 2 saturated heterocycles. The lowest BCUT2D eigenvalue weighted by molar-refractivity contribution is -0.316. The van der Waals surface area contributed by atoms with Crippen LogP contribution in [0.25, 0.3) is 0 Å². The van der Waals surface area contributed by atoms with E-state index in [4.69, 9.17) is 56.1 Å². The summed E-state index contributed by atoms with van der Waals surface area (Å²) in [5.74, 6) is -0.655. The minimum atomic E-state index is -5.38. The molecule has 2 aliphatic heterocycles. The first-order valence-electron chi connectivity index (χ1n) is 26.8. The summed E-state index contributed by atoms with van der Waals surface area (Å²) >= 11 is 0. The summed E-state index contributed by atoms with van der Waals surface area (Å²) in [4.78, 5) is 25.4. The van der Waals surface area contributed by atoms with Gasteiger partial charge in [0, 0.05) is 6.92 Å². The molecule has 6 aromatic carbocycles. The number of carbonyl (C=O) groups is 1. The second-order valence-corrected chi connectivity index (χ2v) is 27.3.